The number of hydrogen-bond acceptors (Lipinski definition) is 4. The number of anilines is 2. The van der Waals surface area contributed by atoms with E-state index in [-0.39, 0.29) is 5.91 Å². The molecule has 4 rings (SSSR count). The molecule has 0 unspecified atom stereocenters. The summed E-state index contributed by atoms with van der Waals surface area (Å²) in [6.45, 7) is 4.20. The standard InChI is InChI=1S/C19H22N4O/c1-14-5-4-6-15(21-14)13-23-17-8-3-2-7-16(17)22-19(18(23)24)9-11-20-12-10-19/h2-8,20,22H,9-13H2,1H3. The fourth-order valence-corrected chi connectivity index (χ4v) is 3.69. The van der Waals surface area contributed by atoms with Gasteiger partial charge in [0.25, 0.3) is 5.91 Å². The predicted octanol–water partition coefficient (Wildman–Crippen LogP) is 2.47. The molecule has 2 aliphatic heterocycles. The van der Waals surface area contributed by atoms with Gasteiger partial charge in [-0.1, -0.05) is 18.2 Å². The third kappa shape index (κ3) is 2.55. The highest BCUT2D eigenvalue weighted by Crippen LogP contribution is 2.39. The summed E-state index contributed by atoms with van der Waals surface area (Å²) in [6.07, 6.45) is 1.61. The zero-order valence-corrected chi connectivity index (χ0v) is 13.9. The number of para-hydroxylation sites is 2. The summed E-state index contributed by atoms with van der Waals surface area (Å²) >= 11 is 0. The Morgan fingerprint density at radius 1 is 1.12 bits per heavy atom. The lowest BCUT2D eigenvalue weighted by atomic mass is 9.84. The summed E-state index contributed by atoms with van der Waals surface area (Å²) in [5.41, 5.74) is 3.37. The Morgan fingerprint density at radius 3 is 2.71 bits per heavy atom. The normalized spacial score (nSPS) is 19.0. The minimum absolute atomic E-state index is 0.158. The van der Waals surface area contributed by atoms with Gasteiger partial charge >= 0.3 is 0 Å². The smallest absolute Gasteiger partial charge is 0.253 e. The van der Waals surface area contributed by atoms with Crippen LogP contribution in [-0.4, -0.2) is 29.5 Å². The Balaban J connectivity index is 1.74. The average molecular weight is 322 g/mol. The lowest BCUT2D eigenvalue weighted by Gasteiger charge is -2.45. The van der Waals surface area contributed by atoms with E-state index in [1.807, 2.05) is 48.2 Å². The highest BCUT2D eigenvalue weighted by molar-refractivity contribution is 6.07. The molecular weight excluding hydrogens is 300 g/mol. The number of aromatic nitrogens is 1. The topological polar surface area (TPSA) is 57.3 Å². The Bertz CT molecular complexity index is 767. The highest BCUT2D eigenvalue weighted by Gasteiger charge is 2.46. The number of nitrogens with zero attached hydrogens (tertiary/aromatic N) is 2. The number of carbonyl (C=O) groups is 1. The number of carbonyl (C=O) groups excluding carboxylic acids is 1. The first-order valence-corrected chi connectivity index (χ1v) is 8.50. The van der Waals surface area contributed by atoms with E-state index in [1.165, 1.54) is 0 Å². The number of hydrogen-bond donors (Lipinski definition) is 2. The molecule has 1 amide bonds. The van der Waals surface area contributed by atoms with Crippen LogP contribution in [0.2, 0.25) is 0 Å². The molecule has 1 fully saturated rings. The molecule has 2 N–H and O–H groups in total. The first-order chi connectivity index (χ1) is 11.7. The lowest BCUT2D eigenvalue weighted by molar-refractivity contribution is -0.124. The summed E-state index contributed by atoms with van der Waals surface area (Å²) in [5, 5.41) is 6.89. The summed E-state index contributed by atoms with van der Waals surface area (Å²) < 4.78 is 0. The molecule has 24 heavy (non-hydrogen) atoms. The molecule has 1 saturated heterocycles. The SMILES string of the molecule is Cc1cccc(CN2C(=O)C3(CCNCC3)Nc3ccccc32)n1. The molecule has 0 radical (unpaired) electrons. The number of pyridine rings is 1. The molecule has 5 heteroatoms. The van der Waals surface area contributed by atoms with Crippen molar-refractivity contribution < 1.29 is 4.79 Å². The zero-order chi connectivity index (χ0) is 16.6. The second-order valence-corrected chi connectivity index (χ2v) is 6.64. The van der Waals surface area contributed by atoms with E-state index in [1.54, 1.807) is 0 Å². The van der Waals surface area contributed by atoms with Crippen LogP contribution in [0.5, 0.6) is 0 Å². The maximum Gasteiger partial charge on any atom is 0.253 e. The van der Waals surface area contributed by atoms with Crippen LogP contribution in [0.1, 0.15) is 24.2 Å². The number of amides is 1. The molecule has 2 aliphatic rings. The van der Waals surface area contributed by atoms with Crippen molar-refractivity contribution in [3.63, 3.8) is 0 Å². The van der Waals surface area contributed by atoms with E-state index >= 15 is 0 Å². The van der Waals surface area contributed by atoms with Crippen LogP contribution < -0.4 is 15.5 Å². The monoisotopic (exact) mass is 322 g/mol. The molecule has 1 aromatic heterocycles. The zero-order valence-electron chi connectivity index (χ0n) is 13.9. The van der Waals surface area contributed by atoms with Crippen LogP contribution in [-0.2, 0) is 11.3 Å². The van der Waals surface area contributed by atoms with Crippen molar-refractivity contribution in [2.75, 3.05) is 23.3 Å². The molecule has 3 heterocycles. The predicted molar refractivity (Wildman–Crippen MR) is 95.1 cm³/mol. The van der Waals surface area contributed by atoms with Crippen molar-refractivity contribution in [1.29, 1.82) is 0 Å². The fourth-order valence-electron chi connectivity index (χ4n) is 3.69. The average Bonchev–Trinajstić information content (AvgIpc) is 2.60. The van der Waals surface area contributed by atoms with Gasteiger partial charge in [-0.3, -0.25) is 9.78 Å². The van der Waals surface area contributed by atoms with Crippen molar-refractivity contribution in [3.8, 4) is 0 Å². The van der Waals surface area contributed by atoms with Gasteiger partial charge in [0.15, 0.2) is 0 Å². The first-order valence-electron chi connectivity index (χ1n) is 8.50. The van der Waals surface area contributed by atoms with Gasteiger partial charge in [0.2, 0.25) is 0 Å². The van der Waals surface area contributed by atoms with Gasteiger partial charge in [-0.15, -0.1) is 0 Å². The molecule has 1 aromatic carbocycles. The molecule has 1 spiro atoms. The maximum absolute atomic E-state index is 13.4. The Hall–Kier alpha value is -2.40. The number of nitrogens with one attached hydrogen (secondary N) is 2. The van der Waals surface area contributed by atoms with E-state index < -0.39 is 5.54 Å². The van der Waals surface area contributed by atoms with Crippen molar-refractivity contribution in [3.05, 3.63) is 53.9 Å². The van der Waals surface area contributed by atoms with Crippen LogP contribution in [0.15, 0.2) is 42.5 Å². The third-order valence-corrected chi connectivity index (χ3v) is 4.95. The van der Waals surface area contributed by atoms with Crippen LogP contribution >= 0.6 is 0 Å². The molecule has 0 bridgehead atoms. The number of benzene rings is 1. The summed E-state index contributed by atoms with van der Waals surface area (Å²) in [6, 6.07) is 14.0. The van der Waals surface area contributed by atoms with Gasteiger partial charge in [0.1, 0.15) is 5.54 Å². The van der Waals surface area contributed by atoms with Gasteiger partial charge in [-0.2, -0.15) is 0 Å². The summed E-state index contributed by atoms with van der Waals surface area (Å²) in [7, 11) is 0. The van der Waals surface area contributed by atoms with Crippen LogP contribution in [0, 0.1) is 6.92 Å². The van der Waals surface area contributed by atoms with E-state index in [2.05, 4.69) is 21.7 Å². The quantitative estimate of drug-likeness (QED) is 0.892. The van der Waals surface area contributed by atoms with Gasteiger partial charge in [-0.05, 0) is 57.1 Å². The van der Waals surface area contributed by atoms with Crippen LogP contribution in [0.3, 0.4) is 0 Å². The van der Waals surface area contributed by atoms with Crippen molar-refractivity contribution in [1.82, 2.24) is 10.3 Å². The fraction of sp³-hybridized carbons (Fsp3) is 0.368. The number of piperidine rings is 1. The Labute approximate surface area is 142 Å². The molecule has 2 aromatic rings. The minimum Gasteiger partial charge on any atom is -0.369 e. The molecule has 0 atom stereocenters. The molecular formula is C19H22N4O. The van der Waals surface area contributed by atoms with E-state index in [0.717, 1.165) is 48.7 Å². The molecule has 5 nitrogen and oxygen atoms in total. The maximum atomic E-state index is 13.4. The van der Waals surface area contributed by atoms with E-state index in [4.69, 9.17) is 0 Å². The highest BCUT2D eigenvalue weighted by atomic mass is 16.2. The van der Waals surface area contributed by atoms with Gasteiger partial charge in [0.05, 0.1) is 23.6 Å². The van der Waals surface area contributed by atoms with Gasteiger partial charge in [0, 0.05) is 5.69 Å². The van der Waals surface area contributed by atoms with Gasteiger partial charge < -0.3 is 15.5 Å². The third-order valence-electron chi connectivity index (χ3n) is 4.95. The number of fused-ring (bicyclic) bond motifs is 1. The van der Waals surface area contributed by atoms with Crippen LogP contribution in [0.4, 0.5) is 11.4 Å². The second kappa shape index (κ2) is 5.91. The van der Waals surface area contributed by atoms with Crippen LogP contribution in [0.25, 0.3) is 0 Å². The van der Waals surface area contributed by atoms with Gasteiger partial charge in [-0.25, -0.2) is 0 Å². The van der Waals surface area contributed by atoms with Crippen molar-refractivity contribution in [2.45, 2.75) is 31.8 Å². The van der Waals surface area contributed by atoms with Crippen molar-refractivity contribution >= 4 is 17.3 Å². The minimum atomic E-state index is -0.497. The Kier molecular flexibility index (Phi) is 3.73. The largest absolute Gasteiger partial charge is 0.369 e. The van der Waals surface area contributed by atoms with Crippen molar-refractivity contribution in [2.24, 2.45) is 0 Å². The summed E-state index contributed by atoms with van der Waals surface area (Å²) in [4.78, 5) is 19.8. The van der Waals surface area contributed by atoms with E-state index in [0.29, 0.717) is 6.54 Å². The lowest BCUT2D eigenvalue weighted by Crippen LogP contribution is -2.61. The number of rotatable bonds is 2. The van der Waals surface area contributed by atoms with E-state index in [9.17, 15) is 4.79 Å². The first kappa shape index (κ1) is 15.1. The Morgan fingerprint density at radius 2 is 1.92 bits per heavy atom. The molecule has 0 aliphatic carbocycles. The molecule has 0 saturated carbocycles. The second-order valence-electron chi connectivity index (χ2n) is 6.64. The number of aryl methyl sites for hydroxylation is 1. The summed E-state index contributed by atoms with van der Waals surface area (Å²) in [5.74, 6) is 0.158. The molecule has 124 valence electrons.